The van der Waals surface area contributed by atoms with Gasteiger partial charge in [-0.1, -0.05) is 6.07 Å². The zero-order chi connectivity index (χ0) is 11.5. The monoisotopic (exact) mass is 218 g/mol. The minimum atomic E-state index is 0.345. The average Bonchev–Trinajstić information content (AvgIpc) is 2.71. The van der Waals surface area contributed by atoms with E-state index in [1.165, 1.54) is 0 Å². The van der Waals surface area contributed by atoms with Gasteiger partial charge in [0.25, 0.3) is 0 Å². The molecule has 0 atom stereocenters. The SMILES string of the molecule is COc1cccc(-n2nc(CN)nc2C)c1. The maximum Gasteiger partial charge on any atom is 0.164 e. The quantitative estimate of drug-likeness (QED) is 0.836. The van der Waals surface area contributed by atoms with Gasteiger partial charge in [-0.15, -0.1) is 5.10 Å². The van der Waals surface area contributed by atoms with E-state index in [-0.39, 0.29) is 0 Å². The number of aryl methyl sites for hydroxylation is 1. The summed E-state index contributed by atoms with van der Waals surface area (Å²) < 4.78 is 6.92. The van der Waals surface area contributed by atoms with Crippen LogP contribution in [0.2, 0.25) is 0 Å². The van der Waals surface area contributed by atoms with Crippen molar-refractivity contribution in [2.24, 2.45) is 5.73 Å². The molecule has 0 aliphatic carbocycles. The van der Waals surface area contributed by atoms with Crippen molar-refractivity contribution in [2.75, 3.05) is 7.11 Å². The molecular weight excluding hydrogens is 204 g/mol. The molecule has 2 N–H and O–H groups in total. The second-order valence-electron chi connectivity index (χ2n) is 3.39. The van der Waals surface area contributed by atoms with Crippen molar-refractivity contribution in [2.45, 2.75) is 13.5 Å². The highest BCUT2D eigenvalue weighted by atomic mass is 16.5. The molecule has 0 saturated carbocycles. The van der Waals surface area contributed by atoms with Crippen molar-refractivity contribution in [3.63, 3.8) is 0 Å². The third-order valence-electron chi connectivity index (χ3n) is 2.29. The molecule has 2 aromatic rings. The highest BCUT2D eigenvalue weighted by molar-refractivity contribution is 5.39. The lowest BCUT2D eigenvalue weighted by molar-refractivity contribution is 0.414. The zero-order valence-corrected chi connectivity index (χ0v) is 9.34. The Kier molecular flexibility index (Phi) is 2.87. The van der Waals surface area contributed by atoms with Crippen molar-refractivity contribution < 1.29 is 4.74 Å². The second kappa shape index (κ2) is 4.32. The lowest BCUT2D eigenvalue weighted by atomic mass is 10.3. The number of hydrogen-bond acceptors (Lipinski definition) is 4. The standard InChI is InChI=1S/C11H14N4O/c1-8-13-11(7-12)14-15(8)9-4-3-5-10(6-9)16-2/h3-6H,7,12H2,1-2H3. The molecule has 1 aromatic carbocycles. The summed E-state index contributed by atoms with van der Waals surface area (Å²) in [7, 11) is 1.64. The minimum Gasteiger partial charge on any atom is -0.497 e. The molecule has 1 heterocycles. The number of benzene rings is 1. The molecule has 0 unspecified atom stereocenters. The van der Waals surface area contributed by atoms with Gasteiger partial charge in [0, 0.05) is 6.07 Å². The number of ether oxygens (including phenoxy) is 1. The van der Waals surface area contributed by atoms with Crippen LogP contribution in [0.3, 0.4) is 0 Å². The Morgan fingerprint density at radius 3 is 2.88 bits per heavy atom. The first-order chi connectivity index (χ1) is 7.74. The zero-order valence-electron chi connectivity index (χ0n) is 9.34. The molecule has 1 aromatic heterocycles. The molecule has 0 radical (unpaired) electrons. The summed E-state index contributed by atoms with van der Waals surface area (Å²) >= 11 is 0. The van der Waals surface area contributed by atoms with Crippen LogP contribution in [0.4, 0.5) is 0 Å². The summed E-state index contributed by atoms with van der Waals surface area (Å²) in [6, 6.07) is 7.66. The number of methoxy groups -OCH3 is 1. The largest absolute Gasteiger partial charge is 0.497 e. The van der Waals surface area contributed by atoms with Crippen molar-refractivity contribution in [1.29, 1.82) is 0 Å². The van der Waals surface area contributed by atoms with E-state index in [1.54, 1.807) is 11.8 Å². The Hall–Kier alpha value is -1.88. The molecule has 0 bridgehead atoms. The Labute approximate surface area is 93.9 Å². The molecule has 0 saturated heterocycles. The van der Waals surface area contributed by atoms with Crippen LogP contribution in [0.15, 0.2) is 24.3 Å². The van der Waals surface area contributed by atoms with E-state index in [1.807, 2.05) is 31.2 Å². The number of rotatable bonds is 3. The molecule has 16 heavy (non-hydrogen) atoms. The predicted octanol–water partition coefficient (Wildman–Crippen LogP) is 1.04. The number of nitrogens with two attached hydrogens (primary N) is 1. The van der Waals surface area contributed by atoms with Crippen molar-refractivity contribution >= 4 is 0 Å². The van der Waals surface area contributed by atoms with Gasteiger partial charge in [-0.25, -0.2) is 9.67 Å². The maximum atomic E-state index is 5.50. The molecular formula is C11H14N4O. The van der Waals surface area contributed by atoms with Crippen molar-refractivity contribution in [1.82, 2.24) is 14.8 Å². The molecule has 0 spiro atoms. The van der Waals surface area contributed by atoms with E-state index in [0.29, 0.717) is 12.4 Å². The number of hydrogen-bond donors (Lipinski definition) is 1. The van der Waals surface area contributed by atoms with Crippen LogP contribution >= 0.6 is 0 Å². The normalized spacial score (nSPS) is 10.4. The van der Waals surface area contributed by atoms with Gasteiger partial charge in [0.1, 0.15) is 11.6 Å². The summed E-state index contributed by atoms with van der Waals surface area (Å²) in [6.07, 6.45) is 0. The van der Waals surface area contributed by atoms with E-state index in [4.69, 9.17) is 10.5 Å². The summed E-state index contributed by atoms with van der Waals surface area (Å²) in [5.41, 5.74) is 6.42. The van der Waals surface area contributed by atoms with E-state index in [9.17, 15) is 0 Å². The van der Waals surface area contributed by atoms with E-state index >= 15 is 0 Å². The van der Waals surface area contributed by atoms with Crippen molar-refractivity contribution in [3.8, 4) is 11.4 Å². The Balaban J connectivity index is 2.45. The lowest BCUT2D eigenvalue weighted by Crippen LogP contribution is -2.02. The van der Waals surface area contributed by atoms with Gasteiger partial charge in [-0.05, 0) is 19.1 Å². The van der Waals surface area contributed by atoms with Crippen LogP contribution in [-0.2, 0) is 6.54 Å². The third-order valence-corrected chi connectivity index (χ3v) is 2.29. The Bertz CT molecular complexity index is 492. The summed E-state index contributed by atoms with van der Waals surface area (Å²) in [6.45, 7) is 2.24. The molecule has 0 amide bonds. The fraction of sp³-hybridized carbons (Fsp3) is 0.273. The maximum absolute atomic E-state index is 5.50. The first-order valence-corrected chi connectivity index (χ1v) is 5.01. The summed E-state index contributed by atoms with van der Waals surface area (Å²) in [5.74, 6) is 2.25. The van der Waals surface area contributed by atoms with Gasteiger partial charge in [-0.3, -0.25) is 0 Å². The van der Waals surface area contributed by atoms with Crippen LogP contribution in [0.25, 0.3) is 5.69 Å². The summed E-state index contributed by atoms with van der Waals surface area (Å²) in [4.78, 5) is 4.25. The first kappa shape index (κ1) is 10.6. The van der Waals surface area contributed by atoms with Gasteiger partial charge in [0.05, 0.1) is 19.3 Å². The lowest BCUT2D eigenvalue weighted by Gasteiger charge is -2.05. The highest BCUT2D eigenvalue weighted by Gasteiger charge is 2.07. The first-order valence-electron chi connectivity index (χ1n) is 5.01. The van der Waals surface area contributed by atoms with E-state index in [2.05, 4.69) is 10.1 Å². The molecule has 0 aliphatic rings. The van der Waals surface area contributed by atoms with E-state index in [0.717, 1.165) is 17.3 Å². The molecule has 5 heteroatoms. The molecule has 0 fully saturated rings. The number of nitrogens with zero attached hydrogens (tertiary/aromatic N) is 3. The topological polar surface area (TPSA) is 66.0 Å². The fourth-order valence-corrected chi connectivity index (χ4v) is 1.52. The summed E-state index contributed by atoms with van der Waals surface area (Å²) in [5, 5.41) is 4.30. The number of aromatic nitrogens is 3. The van der Waals surface area contributed by atoms with Gasteiger partial charge in [0.2, 0.25) is 0 Å². The average molecular weight is 218 g/mol. The fourth-order valence-electron chi connectivity index (χ4n) is 1.52. The van der Waals surface area contributed by atoms with Gasteiger partial charge < -0.3 is 10.5 Å². The third kappa shape index (κ3) is 1.90. The smallest absolute Gasteiger partial charge is 0.164 e. The minimum absolute atomic E-state index is 0.345. The van der Waals surface area contributed by atoms with E-state index < -0.39 is 0 Å². The molecule has 5 nitrogen and oxygen atoms in total. The van der Waals surface area contributed by atoms with Crippen LogP contribution in [0.1, 0.15) is 11.6 Å². The molecule has 84 valence electrons. The van der Waals surface area contributed by atoms with Gasteiger partial charge >= 0.3 is 0 Å². The molecule has 2 rings (SSSR count). The van der Waals surface area contributed by atoms with Crippen LogP contribution < -0.4 is 10.5 Å². The Morgan fingerprint density at radius 2 is 2.25 bits per heavy atom. The predicted molar refractivity (Wildman–Crippen MR) is 60.5 cm³/mol. The van der Waals surface area contributed by atoms with Crippen LogP contribution in [0.5, 0.6) is 5.75 Å². The van der Waals surface area contributed by atoms with Crippen LogP contribution in [0, 0.1) is 6.92 Å². The van der Waals surface area contributed by atoms with Crippen molar-refractivity contribution in [3.05, 3.63) is 35.9 Å². The highest BCUT2D eigenvalue weighted by Crippen LogP contribution is 2.16. The van der Waals surface area contributed by atoms with Crippen LogP contribution in [-0.4, -0.2) is 21.9 Å². The van der Waals surface area contributed by atoms with Gasteiger partial charge in [-0.2, -0.15) is 0 Å². The Morgan fingerprint density at radius 1 is 1.44 bits per heavy atom. The van der Waals surface area contributed by atoms with Gasteiger partial charge in [0.15, 0.2) is 5.82 Å². The second-order valence-corrected chi connectivity index (χ2v) is 3.39. The molecule has 0 aliphatic heterocycles.